The van der Waals surface area contributed by atoms with Crippen molar-refractivity contribution >= 4 is 23.3 Å². The largest absolute Gasteiger partial charge is 3.00 e. The van der Waals surface area contributed by atoms with E-state index in [0.717, 1.165) is 6.08 Å². The van der Waals surface area contributed by atoms with Crippen LogP contribution in [0.1, 0.15) is 27.7 Å². The molecule has 0 N–H and O–H groups in total. The fourth-order valence-electron chi connectivity index (χ4n) is 0.756. The number of carbonyl (C=O) groups is 1. The number of hydrogen-bond acceptors (Lipinski definition) is 7. The zero-order chi connectivity index (χ0) is 16.9. The third-order valence-corrected chi connectivity index (χ3v) is 1.47. The van der Waals surface area contributed by atoms with E-state index in [2.05, 4.69) is 14.2 Å². The zero-order valence-electron chi connectivity index (χ0n) is 14.0. The number of hydrogen-bond donors (Lipinski definition) is 0. The summed E-state index contributed by atoms with van der Waals surface area (Å²) in [6, 6.07) is 0. The third kappa shape index (κ3) is 42.7. The summed E-state index contributed by atoms with van der Waals surface area (Å²) in [6.45, 7) is 8.83. The molecule has 0 aliphatic carbocycles. The van der Waals surface area contributed by atoms with Gasteiger partial charge in [0, 0.05) is 32.5 Å². The summed E-state index contributed by atoms with van der Waals surface area (Å²) < 4.78 is 13.8. The summed E-state index contributed by atoms with van der Waals surface area (Å²) in [5.74, 6) is -0.849. The molecule has 0 saturated carbocycles. The van der Waals surface area contributed by atoms with Crippen LogP contribution in [0.15, 0.2) is 11.8 Å². The van der Waals surface area contributed by atoms with E-state index in [-0.39, 0.29) is 36.3 Å². The van der Waals surface area contributed by atoms with Crippen molar-refractivity contribution in [1.82, 2.24) is 0 Å². The zero-order valence-corrected chi connectivity index (χ0v) is 15.1. The molecule has 0 aromatic rings. The molecule has 8 heteroatoms. The monoisotopic (exact) mass is 334 g/mol. The second-order valence-electron chi connectivity index (χ2n) is 3.31. The summed E-state index contributed by atoms with van der Waals surface area (Å²) in [5, 5.41) is 29.3. The van der Waals surface area contributed by atoms with Gasteiger partial charge in [0.25, 0.3) is 0 Å². The van der Waals surface area contributed by atoms with Crippen molar-refractivity contribution in [1.29, 1.82) is 0 Å². The number of allylic oxidation sites excluding steroid dienone is 1. The molecule has 0 aromatic carbocycles. The minimum atomic E-state index is -0.565. The Hall–Kier alpha value is -0.618. The van der Waals surface area contributed by atoms with Gasteiger partial charge in [0.1, 0.15) is 0 Å². The molecule has 0 unspecified atom stereocenters. The molecule has 0 amide bonds. The summed E-state index contributed by atoms with van der Waals surface area (Å²) in [5.41, 5.74) is 0. The van der Waals surface area contributed by atoms with Crippen LogP contribution in [-0.4, -0.2) is 69.6 Å². The Morgan fingerprint density at radius 2 is 1.36 bits per heavy atom. The second-order valence-corrected chi connectivity index (χ2v) is 3.31. The smallest absolute Gasteiger partial charge is 0.875 e. The molecule has 0 bridgehead atoms. The van der Waals surface area contributed by atoms with Crippen LogP contribution in [-0.2, 0) is 19.0 Å². The molecule has 0 heterocycles. The molecule has 0 spiro atoms. The Bertz CT molecular complexity index is 215. The molecule has 0 aromatic heterocycles. The van der Waals surface area contributed by atoms with E-state index in [9.17, 15) is 20.1 Å². The molecule has 0 rings (SSSR count). The SMILES string of the molecule is CCOC(=O)C=C(C)[O-].CCOCC[O-].CCOCC[O-].[Al+3]. The van der Waals surface area contributed by atoms with E-state index in [1.807, 2.05) is 13.8 Å². The minimum absolute atomic E-state index is 0. The molecular formula is C14H27AlO7. The molecule has 0 saturated heterocycles. The van der Waals surface area contributed by atoms with Crippen LogP contribution in [0.4, 0.5) is 0 Å². The van der Waals surface area contributed by atoms with Crippen molar-refractivity contribution in [3.8, 4) is 0 Å². The van der Waals surface area contributed by atoms with Crippen molar-refractivity contribution in [3.05, 3.63) is 11.8 Å². The van der Waals surface area contributed by atoms with Crippen LogP contribution in [0.3, 0.4) is 0 Å². The van der Waals surface area contributed by atoms with E-state index in [0.29, 0.717) is 33.0 Å². The maximum atomic E-state index is 10.4. The first-order chi connectivity index (χ1) is 9.99. The topological polar surface area (TPSA) is 114 Å². The third-order valence-electron chi connectivity index (χ3n) is 1.47. The van der Waals surface area contributed by atoms with Crippen molar-refractivity contribution in [2.24, 2.45) is 0 Å². The average molecular weight is 334 g/mol. The van der Waals surface area contributed by atoms with Crippen LogP contribution in [0, 0.1) is 0 Å². The molecule has 7 nitrogen and oxygen atoms in total. The Balaban J connectivity index is -0.000000112. The van der Waals surface area contributed by atoms with Gasteiger partial charge in [-0.1, -0.05) is 6.92 Å². The number of ether oxygens (including phenoxy) is 3. The van der Waals surface area contributed by atoms with E-state index in [1.165, 1.54) is 6.92 Å². The normalized spacial score (nSPS) is 9.45. The fraction of sp³-hybridized carbons (Fsp3) is 0.786. The molecule has 0 aliphatic rings. The van der Waals surface area contributed by atoms with Crippen molar-refractivity contribution < 1.29 is 34.3 Å². The first kappa shape index (κ1) is 29.4. The fourth-order valence-corrected chi connectivity index (χ4v) is 0.756. The van der Waals surface area contributed by atoms with E-state index in [1.54, 1.807) is 6.92 Å². The maximum absolute atomic E-state index is 10.4. The standard InChI is InChI=1S/C6H10O3.2C4H9O2.Al/c1-3-9-6(8)4-5(2)7;2*1-2-6-4-3-5;/h4,7H,3H2,1-2H3;2*2-4H2,1H3;/q;2*-1;+3/p-1. The Kier molecular flexibility index (Phi) is 38.1. The maximum Gasteiger partial charge on any atom is 3.00 e. The van der Waals surface area contributed by atoms with E-state index in [4.69, 9.17) is 0 Å². The van der Waals surface area contributed by atoms with Gasteiger partial charge in [0.05, 0.1) is 6.61 Å². The molecule has 0 atom stereocenters. The van der Waals surface area contributed by atoms with Crippen LogP contribution in [0.2, 0.25) is 0 Å². The average Bonchev–Trinajstić information content (AvgIpc) is 2.43. The molecule has 22 heavy (non-hydrogen) atoms. The first-order valence-corrected chi connectivity index (χ1v) is 6.83. The number of esters is 1. The predicted octanol–water partition coefficient (Wildman–Crippen LogP) is -1.80. The van der Waals surface area contributed by atoms with Crippen LogP contribution in [0.25, 0.3) is 0 Å². The summed E-state index contributed by atoms with van der Waals surface area (Å²) in [7, 11) is 0. The van der Waals surface area contributed by atoms with Gasteiger partial charge < -0.3 is 29.5 Å². The quantitative estimate of drug-likeness (QED) is 0.169. The van der Waals surface area contributed by atoms with Gasteiger partial charge in [0.2, 0.25) is 0 Å². The van der Waals surface area contributed by atoms with Crippen LogP contribution < -0.4 is 15.3 Å². The number of carbonyl (C=O) groups excluding carboxylic acids is 1. The minimum Gasteiger partial charge on any atom is -0.875 e. The predicted molar refractivity (Wildman–Crippen MR) is 78.9 cm³/mol. The van der Waals surface area contributed by atoms with Crippen molar-refractivity contribution in [2.45, 2.75) is 27.7 Å². The van der Waals surface area contributed by atoms with Gasteiger partial charge in [0.15, 0.2) is 0 Å². The Labute approximate surface area is 144 Å². The summed E-state index contributed by atoms with van der Waals surface area (Å²) >= 11 is 0. The van der Waals surface area contributed by atoms with E-state index < -0.39 is 5.97 Å². The van der Waals surface area contributed by atoms with Crippen molar-refractivity contribution in [3.63, 3.8) is 0 Å². The van der Waals surface area contributed by atoms with Gasteiger partial charge in [-0.25, -0.2) is 4.79 Å². The molecule has 0 fully saturated rings. The van der Waals surface area contributed by atoms with Crippen LogP contribution in [0.5, 0.6) is 0 Å². The second kappa shape index (κ2) is 28.5. The first-order valence-electron chi connectivity index (χ1n) is 6.83. The van der Waals surface area contributed by atoms with E-state index >= 15 is 0 Å². The molecular weight excluding hydrogens is 307 g/mol. The summed E-state index contributed by atoms with van der Waals surface area (Å²) in [6.07, 6.45) is 0.920. The molecule has 0 radical (unpaired) electrons. The van der Waals surface area contributed by atoms with Gasteiger partial charge in [-0.3, -0.25) is 0 Å². The molecule has 0 aliphatic heterocycles. The van der Waals surface area contributed by atoms with Crippen molar-refractivity contribution in [2.75, 3.05) is 46.2 Å². The van der Waals surface area contributed by atoms with Crippen LogP contribution >= 0.6 is 0 Å². The summed E-state index contributed by atoms with van der Waals surface area (Å²) in [4.78, 5) is 10.4. The van der Waals surface area contributed by atoms with Gasteiger partial charge >= 0.3 is 23.3 Å². The van der Waals surface area contributed by atoms with Gasteiger partial charge in [-0.15, -0.1) is 19.0 Å². The number of rotatable bonds is 8. The van der Waals surface area contributed by atoms with Gasteiger partial charge in [-0.05, 0) is 20.8 Å². The molecule has 128 valence electrons. The Morgan fingerprint density at radius 1 is 0.955 bits per heavy atom. The van der Waals surface area contributed by atoms with Gasteiger partial charge in [-0.2, -0.15) is 0 Å². The Morgan fingerprint density at radius 3 is 1.55 bits per heavy atom.